The third-order valence-corrected chi connectivity index (χ3v) is 5.84. The zero-order valence-corrected chi connectivity index (χ0v) is 14.8. The van der Waals surface area contributed by atoms with Gasteiger partial charge in [0.1, 0.15) is 4.88 Å². The number of ether oxygens (including phenoxy) is 1. The molecular weight excluding hydrogens is 356 g/mol. The van der Waals surface area contributed by atoms with Crippen molar-refractivity contribution in [2.75, 3.05) is 6.61 Å². The molecule has 108 valence electrons. The zero-order chi connectivity index (χ0) is 14.5. The van der Waals surface area contributed by atoms with Gasteiger partial charge in [-0.05, 0) is 59.5 Å². The normalized spacial score (nSPS) is 10.8. The molecule has 5 heteroatoms. The van der Waals surface area contributed by atoms with Crippen molar-refractivity contribution in [2.45, 2.75) is 33.1 Å². The van der Waals surface area contributed by atoms with Crippen LogP contribution < -0.4 is 0 Å². The fourth-order valence-corrected chi connectivity index (χ4v) is 4.56. The van der Waals surface area contributed by atoms with Gasteiger partial charge in [0.2, 0.25) is 0 Å². The molecule has 0 saturated heterocycles. The number of carbonyl (C=O) groups excluding carboxylic acids is 1. The summed E-state index contributed by atoms with van der Waals surface area (Å²) >= 11 is 6.74. The van der Waals surface area contributed by atoms with Gasteiger partial charge >= 0.3 is 5.97 Å². The largest absolute Gasteiger partial charge is 0.462 e. The van der Waals surface area contributed by atoms with E-state index in [0.717, 1.165) is 23.0 Å². The summed E-state index contributed by atoms with van der Waals surface area (Å²) in [5, 5.41) is 0. The quantitative estimate of drug-likeness (QED) is 0.602. The minimum absolute atomic E-state index is 0.211. The molecule has 0 saturated carbocycles. The summed E-state index contributed by atoms with van der Waals surface area (Å²) in [6.45, 7) is 4.43. The number of halogens is 1. The Morgan fingerprint density at radius 1 is 1.30 bits per heavy atom. The number of aryl methyl sites for hydroxylation is 1. The van der Waals surface area contributed by atoms with Crippen LogP contribution in [-0.2, 0) is 11.2 Å². The first-order valence-corrected chi connectivity index (χ1v) is 9.13. The molecule has 2 aromatic heterocycles. The minimum atomic E-state index is -0.211. The van der Waals surface area contributed by atoms with Gasteiger partial charge in [-0.1, -0.05) is 13.3 Å². The monoisotopic (exact) mass is 372 g/mol. The Hall–Kier alpha value is -0.650. The number of unbranched alkanes of at least 4 members (excludes halogenated alkanes) is 1. The third kappa shape index (κ3) is 3.71. The SMILES string of the molecule is CCCCc1cc(C(=O)OCC)sc1-c1ccc(Br)s1. The second kappa shape index (κ2) is 7.38. The zero-order valence-electron chi connectivity index (χ0n) is 11.6. The van der Waals surface area contributed by atoms with E-state index in [1.807, 2.05) is 19.1 Å². The Kier molecular flexibility index (Phi) is 5.81. The van der Waals surface area contributed by atoms with Gasteiger partial charge < -0.3 is 4.74 Å². The molecule has 0 amide bonds. The number of hydrogen-bond acceptors (Lipinski definition) is 4. The van der Waals surface area contributed by atoms with Gasteiger partial charge in [-0.15, -0.1) is 22.7 Å². The summed E-state index contributed by atoms with van der Waals surface area (Å²) in [5.41, 5.74) is 1.26. The average molecular weight is 373 g/mol. The van der Waals surface area contributed by atoms with Crippen molar-refractivity contribution in [3.8, 4) is 9.75 Å². The van der Waals surface area contributed by atoms with Crippen molar-refractivity contribution < 1.29 is 9.53 Å². The molecule has 0 aromatic carbocycles. The molecule has 0 atom stereocenters. The Morgan fingerprint density at radius 2 is 2.10 bits per heavy atom. The van der Waals surface area contributed by atoms with Gasteiger partial charge in [-0.25, -0.2) is 4.79 Å². The third-order valence-electron chi connectivity index (χ3n) is 2.88. The Bertz CT molecular complexity index is 586. The first-order chi connectivity index (χ1) is 9.65. The van der Waals surface area contributed by atoms with E-state index >= 15 is 0 Å². The highest BCUT2D eigenvalue weighted by molar-refractivity contribution is 9.11. The highest BCUT2D eigenvalue weighted by Crippen LogP contribution is 2.39. The lowest BCUT2D eigenvalue weighted by atomic mass is 10.1. The van der Waals surface area contributed by atoms with Gasteiger partial charge in [-0.2, -0.15) is 0 Å². The Labute approximate surface area is 135 Å². The van der Waals surface area contributed by atoms with E-state index < -0.39 is 0 Å². The fraction of sp³-hybridized carbons (Fsp3) is 0.400. The number of esters is 1. The maximum atomic E-state index is 11.9. The number of thiophene rings is 2. The molecule has 2 heterocycles. The number of hydrogen-bond donors (Lipinski definition) is 0. The standard InChI is InChI=1S/C15H17BrO2S2/c1-3-5-6-10-9-12(15(17)18-4-2)20-14(10)11-7-8-13(16)19-11/h7-9H,3-6H2,1-2H3. The van der Waals surface area contributed by atoms with Gasteiger partial charge in [0, 0.05) is 9.75 Å². The van der Waals surface area contributed by atoms with E-state index in [9.17, 15) is 4.79 Å². The molecule has 2 rings (SSSR count). The van der Waals surface area contributed by atoms with Gasteiger partial charge in [0.05, 0.1) is 10.4 Å². The van der Waals surface area contributed by atoms with E-state index in [2.05, 4.69) is 28.9 Å². The molecule has 0 radical (unpaired) electrons. The van der Waals surface area contributed by atoms with Crippen molar-refractivity contribution >= 4 is 44.6 Å². The van der Waals surface area contributed by atoms with Crippen LogP contribution in [0, 0.1) is 0 Å². The van der Waals surface area contributed by atoms with Crippen LogP contribution in [0.5, 0.6) is 0 Å². The predicted molar refractivity (Wildman–Crippen MR) is 89.9 cm³/mol. The summed E-state index contributed by atoms with van der Waals surface area (Å²) in [4.78, 5) is 15.0. The maximum absolute atomic E-state index is 11.9. The lowest BCUT2D eigenvalue weighted by Crippen LogP contribution is -2.01. The molecule has 2 aromatic rings. The van der Waals surface area contributed by atoms with Crippen molar-refractivity contribution in [3.63, 3.8) is 0 Å². The highest BCUT2D eigenvalue weighted by Gasteiger charge is 2.17. The lowest BCUT2D eigenvalue weighted by Gasteiger charge is -1.99. The van der Waals surface area contributed by atoms with Gasteiger partial charge in [0.15, 0.2) is 0 Å². The molecule has 0 unspecified atom stereocenters. The number of carbonyl (C=O) groups is 1. The first kappa shape index (κ1) is 15.7. The van der Waals surface area contributed by atoms with Crippen molar-refractivity contribution in [2.24, 2.45) is 0 Å². The Balaban J connectivity index is 2.34. The summed E-state index contributed by atoms with van der Waals surface area (Å²) < 4.78 is 6.22. The van der Waals surface area contributed by atoms with Crippen LogP contribution in [0.3, 0.4) is 0 Å². The molecule has 0 fully saturated rings. The Morgan fingerprint density at radius 3 is 2.70 bits per heavy atom. The van der Waals surface area contributed by atoms with E-state index in [-0.39, 0.29) is 5.97 Å². The average Bonchev–Trinajstić information content (AvgIpc) is 3.02. The van der Waals surface area contributed by atoms with Crippen molar-refractivity contribution in [1.29, 1.82) is 0 Å². The van der Waals surface area contributed by atoms with Crippen LogP contribution in [-0.4, -0.2) is 12.6 Å². The molecule has 20 heavy (non-hydrogen) atoms. The van der Waals surface area contributed by atoms with Crippen LogP contribution in [0.1, 0.15) is 41.9 Å². The summed E-state index contributed by atoms with van der Waals surface area (Å²) in [5.74, 6) is -0.211. The molecule has 0 aliphatic rings. The molecule has 0 spiro atoms. The smallest absolute Gasteiger partial charge is 0.348 e. The van der Waals surface area contributed by atoms with E-state index in [0.29, 0.717) is 11.5 Å². The summed E-state index contributed by atoms with van der Waals surface area (Å²) in [7, 11) is 0. The highest BCUT2D eigenvalue weighted by atomic mass is 79.9. The van der Waals surface area contributed by atoms with Crippen LogP contribution in [0.15, 0.2) is 22.0 Å². The van der Waals surface area contributed by atoms with Crippen molar-refractivity contribution in [3.05, 3.63) is 32.4 Å². The predicted octanol–water partition coefficient (Wildman–Crippen LogP) is 5.76. The second-order valence-corrected chi connectivity index (χ2v) is 7.91. The molecule has 0 aliphatic heterocycles. The van der Waals surface area contributed by atoms with Gasteiger partial charge in [-0.3, -0.25) is 0 Å². The molecule has 0 bridgehead atoms. The van der Waals surface area contributed by atoms with E-state index in [4.69, 9.17) is 4.74 Å². The summed E-state index contributed by atoms with van der Waals surface area (Å²) in [6, 6.07) is 6.15. The topological polar surface area (TPSA) is 26.3 Å². The van der Waals surface area contributed by atoms with Crippen LogP contribution in [0.2, 0.25) is 0 Å². The van der Waals surface area contributed by atoms with Crippen LogP contribution >= 0.6 is 38.6 Å². The van der Waals surface area contributed by atoms with Crippen LogP contribution in [0.4, 0.5) is 0 Å². The van der Waals surface area contributed by atoms with E-state index in [1.54, 1.807) is 11.3 Å². The fourth-order valence-electron chi connectivity index (χ4n) is 1.93. The molecular formula is C15H17BrO2S2. The van der Waals surface area contributed by atoms with E-state index in [1.165, 1.54) is 26.7 Å². The van der Waals surface area contributed by atoms with Crippen LogP contribution in [0.25, 0.3) is 9.75 Å². The summed E-state index contributed by atoms with van der Waals surface area (Å²) in [6.07, 6.45) is 3.30. The molecule has 2 nitrogen and oxygen atoms in total. The number of rotatable bonds is 6. The lowest BCUT2D eigenvalue weighted by molar-refractivity contribution is 0.0532. The minimum Gasteiger partial charge on any atom is -0.462 e. The first-order valence-electron chi connectivity index (χ1n) is 6.71. The van der Waals surface area contributed by atoms with Gasteiger partial charge in [0.25, 0.3) is 0 Å². The second-order valence-electron chi connectivity index (χ2n) is 4.39. The van der Waals surface area contributed by atoms with Crippen molar-refractivity contribution in [1.82, 2.24) is 0 Å². The maximum Gasteiger partial charge on any atom is 0.348 e. The molecule has 0 aliphatic carbocycles. The molecule has 0 N–H and O–H groups in total.